The van der Waals surface area contributed by atoms with Crippen molar-refractivity contribution in [1.29, 1.82) is 0 Å². The van der Waals surface area contributed by atoms with Crippen LogP contribution in [0.1, 0.15) is 25.0 Å². The Bertz CT molecular complexity index is 682. The summed E-state index contributed by atoms with van der Waals surface area (Å²) in [6.07, 6.45) is 2.44. The van der Waals surface area contributed by atoms with Crippen molar-refractivity contribution < 1.29 is 8.42 Å². The molecule has 114 valence electrons. The molecule has 0 fully saturated rings. The molecule has 0 aliphatic rings. The first-order chi connectivity index (χ1) is 10.1. The zero-order valence-electron chi connectivity index (χ0n) is 12.1. The van der Waals surface area contributed by atoms with E-state index in [9.17, 15) is 8.42 Å². The number of rotatable bonds is 7. The number of nitrogens with one attached hydrogen (secondary N) is 2. The summed E-state index contributed by atoms with van der Waals surface area (Å²) in [6.45, 7) is 5.60. The first-order valence-electron chi connectivity index (χ1n) is 6.81. The van der Waals surface area contributed by atoms with Crippen molar-refractivity contribution in [2.75, 3.05) is 11.3 Å². The Balaban J connectivity index is 2.30. The van der Waals surface area contributed by atoms with Crippen LogP contribution < -0.4 is 10.0 Å². The van der Waals surface area contributed by atoms with Crippen LogP contribution in [0.25, 0.3) is 0 Å². The molecule has 0 radical (unpaired) electrons. The summed E-state index contributed by atoms with van der Waals surface area (Å²) in [7, 11) is -3.59. The molecule has 0 saturated carbocycles. The topological polar surface area (TPSA) is 71.1 Å². The Hall–Kier alpha value is -1.44. The molecule has 0 aliphatic carbocycles. The minimum Gasteiger partial charge on any atom is -0.313 e. The van der Waals surface area contributed by atoms with Crippen LogP contribution in [0.15, 0.2) is 34.7 Å². The van der Waals surface area contributed by atoms with Crippen LogP contribution in [0.4, 0.5) is 5.13 Å². The van der Waals surface area contributed by atoms with E-state index in [1.165, 1.54) is 11.3 Å². The molecule has 2 rings (SSSR count). The van der Waals surface area contributed by atoms with Crippen LogP contribution in [0.3, 0.4) is 0 Å². The van der Waals surface area contributed by atoms with Gasteiger partial charge in [-0.2, -0.15) is 0 Å². The lowest BCUT2D eigenvalue weighted by Crippen LogP contribution is -2.16. The predicted molar refractivity (Wildman–Crippen MR) is 86.1 cm³/mol. The Kier molecular flexibility index (Phi) is 5.33. The van der Waals surface area contributed by atoms with Gasteiger partial charge in [-0.25, -0.2) is 13.4 Å². The van der Waals surface area contributed by atoms with E-state index in [2.05, 4.69) is 21.9 Å². The molecule has 2 aromatic rings. The molecule has 2 N–H and O–H groups in total. The molecule has 0 aliphatic heterocycles. The van der Waals surface area contributed by atoms with Gasteiger partial charge in [0.2, 0.25) is 0 Å². The SMILES string of the molecule is CCNCc1cc(S(=O)(=O)Nc2nccs2)ccc1CC. The average Bonchev–Trinajstić information content (AvgIpc) is 2.96. The largest absolute Gasteiger partial charge is 0.313 e. The molecule has 21 heavy (non-hydrogen) atoms. The minimum atomic E-state index is -3.59. The van der Waals surface area contributed by atoms with Gasteiger partial charge in [-0.3, -0.25) is 4.72 Å². The lowest BCUT2D eigenvalue weighted by atomic mass is 10.1. The Morgan fingerprint density at radius 2 is 2.05 bits per heavy atom. The van der Waals surface area contributed by atoms with Gasteiger partial charge in [0, 0.05) is 18.1 Å². The van der Waals surface area contributed by atoms with E-state index in [0.717, 1.165) is 24.1 Å². The van der Waals surface area contributed by atoms with Crippen molar-refractivity contribution in [1.82, 2.24) is 10.3 Å². The van der Waals surface area contributed by atoms with Crippen LogP contribution in [0.2, 0.25) is 0 Å². The number of anilines is 1. The Morgan fingerprint density at radius 1 is 1.24 bits per heavy atom. The van der Waals surface area contributed by atoms with E-state index in [1.807, 2.05) is 13.0 Å². The van der Waals surface area contributed by atoms with Crippen LogP contribution in [0.5, 0.6) is 0 Å². The second kappa shape index (κ2) is 7.02. The van der Waals surface area contributed by atoms with Gasteiger partial charge in [0.25, 0.3) is 10.0 Å². The molecule has 0 bridgehead atoms. The zero-order valence-corrected chi connectivity index (χ0v) is 13.7. The first-order valence-corrected chi connectivity index (χ1v) is 9.18. The summed E-state index contributed by atoms with van der Waals surface area (Å²) in [4.78, 5) is 4.22. The molecule has 1 aromatic heterocycles. The van der Waals surface area contributed by atoms with Gasteiger partial charge in [-0.15, -0.1) is 11.3 Å². The standard InChI is InChI=1S/C14H19N3O2S2/c1-3-11-5-6-13(9-12(11)10-15-4-2)21(18,19)17-14-16-7-8-20-14/h5-9,15H,3-4,10H2,1-2H3,(H,16,17). The van der Waals surface area contributed by atoms with Gasteiger partial charge >= 0.3 is 0 Å². The Labute approximate surface area is 129 Å². The third kappa shape index (κ3) is 4.03. The Morgan fingerprint density at radius 3 is 2.67 bits per heavy atom. The second-order valence-corrected chi connectivity index (χ2v) is 7.08. The zero-order chi connectivity index (χ0) is 15.3. The van der Waals surface area contributed by atoms with E-state index in [1.54, 1.807) is 23.7 Å². The number of benzene rings is 1. The third-order valence-corrected chi connectivity index (χ3v) is 5.24. The third-order valence-electron chi connectivity index (χ3n) is 3.09. The van der Waals surface area contributed by atoms with Gasteiger partial charge < -0.3 is 5.32 Å². The number of aromatic nitrogens is 1. The van der Waals surface area contributed by atoms with Gasteiger partial charge in [0.15, 0.2) is 5.13 Å². The van der Waals surface area contributed by atoms with E-state index < -0.39 is 10.0 Å². The molecule has 5 nitrogen and oxygen atoms in total. The van der Waals surface area contributed by atoms with Gasteiger partial charge in [-0.05, 0) is 36.2 Å². The maximum atomic E-state index is 12.4. The lowest BCUT2D eigenvalue weighted by molar-refractivity contribution is 0.600. The summed E-state index contributed by atoms with van der Waals surface area (Å²) >= 11 is 1.26. The fourth-order valence-electron chi connectivity index (χ4n) is 1.99. The molecule has 0 amide bonds. The van der Waals surface area contributed by atoms with Crippen LogP contribution in [-0.2, 0) is 23.0 Å². The highest BCUT2D eigenvalue weighted by molar-refractivity contribution is 7.93. The van der Waals surface area contributed by atoms with Crippen molar-refractivity contribution >= 4 is 26.5 Å². The fourth-order valence-corrected chi connectivity index (χ4v) is 3.83. The summed E-state index contributed by atoms with van der Waals surface area (Å²) in [5.74, 6) is 0. The van der Waals surface area contributed by atoms with E-state index in [4.69, 9.17) is 0 Å². The molecule has 0 saturated heterocycles. The maximum Gasteiger partial charge on any atom is 0.263 e. The smallest absolute Gasteiger partial charge is 0.263 e. The van der Waals surface area contributed by atoms with E-state index >= 15 is 0 Å². The van der Waals surface area contributed by atoms with E-state index in [-0.39, 0.29) is 4.90 Å². The maximum absolute atomic E-state index is 12.4. The van der Waals surface area contributed by atoms with Crippen LogP contribution in [-0.4, -0.2) is 19.9 Å². The minimum absolute atomic E-state index is 0.266. The molecule has 1 heterocycles. The highest BCUT2D eigenvalue weighted by Crippen LogP contribution is 2.21. The summed E-state index contributed by atoms with van der Waals surface area (Å²) in [5.41, 5.74) is 2.17. The van der Waals surface area contributed by atoms with Crippen LogP contribution >= 0.6 is 11.3 Å². The van der Waals surface area contributed by atoms with E-state index in [0.29, 0.717) is 11.7 Å². The molecular weight excluding hydrogens is 306 g/mol. The highest BCUT2D eigenvalue weighted by Gasteiger charge is 2.17. The monoisotopic (exact) mass is 325 g/mol. The molecule has 0 spiro atoms. The molecule has 1 aromatic carbocycles. The lowest BCUT2D eigenvalue weighted by Gasteiger charge is -2.12. The van der Waals surface area contributed by atoms with Gasteiger partial charge in [0.1, 0.15) is 0 Å². The quantitative estimate of drug-likeness (QED) is 0.821. The number of hydrogen-bond acceptors (Lipinski definition) is 5. The molecule has 0 unspecified atom stereocenters. The predicted octanol–water partition coefficient (Wildman–Crippen LogP) is 2.62. The number of hydrogen-bond donors (Lipinski definition) is 2. The second-order valence-electron chi connectivity index (χ2n) is 4.51. The van der Waals surface area contributed by atoms with Crippen molar-refractivity contribution in [2.45, 2.75) is 31.7 Å². The van der Waals surface area contributed by atoms with Crippen molar-refractivity contribution in [3.8, 4) is 0 Å². The van der Waals surface area contributed by atoms with Gasteiger partial charge in [-0.1, -0.05) is 19.9 Å². The molecular formula is C14H19N3O2S2. The summed E-state index contributed by atoms with van der Waals surface area (Å²) in [5, 5.41) is 5.35. The van der Waals surface area contributed by atoms with Crippen molar-refractivity contribution in [3.05, 3.63) is 40.9 Å². The highest BCUT2D eigenvalue weighted by atomic mass is 32.2. The van der Waals surface area contributed by atoms with Gasteiger partial charge in [0.05, 0.1) is 4.90 Å². The van der Waals surface area contributed by atoms with Crippen molar-refractivity contribution in [2.24, 2.45) is 0 Å². The molecule has 7 heteroatoms. The average molecular weight is 325 g/mol. The summed E-state index contributed by atoms with van der Waals surface area (Å²) in [6, 6.07) is 5.25. The summed E-state index contributed by atoms with van der Waals surface area (Å²) < 4.78 is 27.2. The molecule has 0 atom stereocenters. The fraction of sp³-hybridized carbons (Fsp3) is 0.357. The first kappa shape index (κ1) is 15.9. The normalized spacial score (nSPS) is 11.5. The number of nitrogens with zero attached hydrogens (tertiary/aromatic N) is 1. The van der Waals surface area contributed by atoms with Crippen LogP contribution in [0, 0.1) is 0 Å². The number of sulfonamides is 1. The number of thiazole rings is 1. The number of aryl methyl sites for hydroxylation is 1. The van der Waals surface area contributed by atoms with Crippen molar-refractivity contribution in [3.63, 3.8) is 0 Å².